The van der Waals surface area contributed by atoms with Gasteiger partial charge in [-0.1, -0.05) is 23.7 Å². The molecule has 0 bridgehead atoms. The second-order valence-corrected chi connectivity index (χ2v) is 11.0. The predicted molar refractivity (Wildman–Crippen MR) is 138 cm³/mol. The van der Waals surface area contributed by atoms with Crippen molar-refractivity contribution in [1.29, 1.82) is 0 Å². The Labute approximate surface area is 225 Å². The average Bonchev–Trinajstić information content (AvgIpc) is 3.50. The molecule has 0 spiro atoms. The van der Waals surface area contributed by atoms with E-state index in [0.717, 1.165) is 22.7 Å². The van der Waals surface area contributed by atoms with Crippen LogP contribution in [0.3, 0.4) is 0 Å². The predicted octanol–water partition coefficient (Wildman–Crippen LogP) is 6.22. The largest absolute Gasteiger partial charge is 0.416 e. The molecule has 0 saturated carbocycles. The molecule has 1 unspecified atom stereocenters. The zero-order valence-electron chi connectivity index (χ0n) is 20.4. The van der Waals surface area contributed by atoms with Crippen LogP contribution < -0.4 is 0 Å². The van der Waals surface area contributed by atoms with Crippen molar-refractivity contribution in [1.82, 2.24) is 19.6 Å². The molecule has 2 aromatic carbocycles. The topological polar surface area (TPSA) is 58.4 Å². The van der Waals surface area contributed by atoms with Crippen LogP contribution >= 0.6 is 23.4 Å². The average molecular weight is 567 g/mol. The number of thioether (sulfide) groups is 1. The summed E-state index contributed by atoms with van der Waals surface area (Å²) in [5, 5.41) is 4.38. The first-order valence-corrected chi connectivity index (χ1v) is 13.1. The van der Waals surface area contributed by atoms with E-state index >= 15 is 0 Å². The van der Waals surface area contributed by atoms with Gasteiger partial charge in [-0.2, -0.15) is 18.3 Å². The Morgan fingerprint density at radius 1 is 1.16 bits per heavy atom. The maximum absolute atomic E-state index is 14.7. The maximum atomic E-state index is 14.7. The third-order valence-corrected chi connectivity index (χ3v) is 7.91. The van der Waals surface area contributed by atoms with E-state index in [1.807, 2.05) is 18.7 Å². The molecule has 0 aliphatic carbocycles. The SMILES string of the molecule is CC(C)N1CC(N2C(=O)S/C(=C\c3ccc4c(cnn4Cc4ccc(Cl)cc4C(F)(F)F)c3)C2=O)[C@H](F)C1. The zero-order chi connectivity index (χ0) is 27.4. The summed E-state index contributed by atoms with van der Waals surface area (Å²) in [6, 6.07) is 8.01. The number of alkyl halides is 4. The van der Waals surface area contributed by atoms with Crippen LogP contribution in [0.25, 0.3) is 17.0 Å². The molecule has 6 nitrogen and oxygen atoms in total. The van der Waals surface area contributed by atoms with E-state index in [1.165, 1.54) is 23.0 Å². The quantitative estimate of drug-likeness (QED) is 0.271. The monoisotopic (exact) mass is 566 g/mol. The summed E-state index contributed by atoms with van der Waals surface area (Å²) in [6.45, 7) is 4.22. The Balaban J connectivity index is 1.38. The van der Waals surface area contributed by atoms with Crippen molar-refractivity contribution >= 4 is 51.5 Å². The number of fused-ring (bicyclic) bond motifs is 1. The Morgan fingerprint density at radius 3 is 2.61 bits per heavy atom. The van der Waals surface area contributed by atoms with Crippen LogP contribution in [0.2, 0.25) is 5.02 Å². The fraction of sp³-hybridized carbons (Fsp3) is 0.346. The first-order valence-electron chi connectivity index (χ1n) is 11.9. The van der Waals surface area contributed by atoms with E-state index in [0.29, 0.717) is 23.0 Å². The van der Waals surface area contributed by atoms with Gasteiger partial charge in [-0.05, 0) is 67.1 Å². The van der Waals surface area contributed by atoms with Gasteiger partial charge in [-0.25, -0.2) is 4.39 Å². The number of imide groups is 1. The minimum absolute atomic E-state index is 0.00679. The van der Waals surface area contributed by atoms with Gasteiger partial charge in [-0.3, -0.25) is 24.1 Å². The molecule has 0 N–H and O–H groups in total. The van der Waals surface area contributed by atoms with Crippen LogP contribution in [-0.2, 0) is 17.5 Å². The summed E-state index contributed by atoms with van der Waals surface area (Å²) in [6.07, 6.45) is -2.79. The maximum Gasteiger partial charge on any atom is 0.416 e. The van der Waals surface area contributed by atoms with E-state index in [2.05, 4.69) is 5.10 Å². The number of carbonyl (C=O) groups is 2. The molecular weight excluding hydrogens is 544 g/mol. The van der Waals surface area contributed by atoms with Crippen molar-refractivity contribution in [3.8, 4) is 0 Å². The summed E-state index contributed by atoms with van der Waals surface area (Å²) in [5.74, 6) is -0.531. The standard InChI is InChI=1S/C26H23ClF4N4O2S/c1-14(2)33-12-20(28)22(13-33)35-24(36)23(38-25(35)37)8-15-3-6-21-17(7-15)10-32-34(21)11-16-4-5-18(27)9-19(16)26(29,30)31/h3-10,14,20,22H,11-13H2,1-2H3/b23-8-/t20-,22?/m1/s1. The van der Waals surface area contributed by atoms with Gasteiger partial charge < -0.3 is 0 Å². The van der Waals surface area contributed by atoms with Crippen molar-refractivity contribution < 1.29 is 27.2 Å². The summed E-state index contributed by atoms with van der Waals surface area (Å²) in [5.41, 5.74) is 0.407. The van der Waals surface area contributed by atoms with E-state index in [4.69, 9.17) is 11.6 Å². The van der Waals surface area contributed by atoms with Crippen LogP contribution in [0.15, 0.2) is 47.5 Å². The van der Waals surface area contributed by atoms with Crippen LogP contribution in [0.5, 0.6) is 0 Å². The molecule has 1 aromatic heterocycles. The molecule has 2 fully saturated rings. The lowest BCUT2D eigenvalue weighted by Gasteiger charge is -2.23. The Kier molecular flexibility index (Phi) is 7.04. The van der Waals surface area contributed by atoms with Crippen LogP contribution in [0.1, 0.15) is 30.5 Å². The number of rotatable bonds is 5. The number of halogens is 5. The third-order valence-electron chi connectivity index (χ3n) is 6.79. The Hall–Kier alpha value is -2.89. The molecule has 200 valence electrons. The van der Waals surface area contributed by atoms with Gasteiger partial charge in [0, 0.05) is 29.5 Å². The molecule has 0 radical (unpaired) electrons. The summed E-state index contributed by atoms with van der Waals surface area (Å²) >= 11 is 6.55. The van der Waals surface area contributed by atoms with Crippen molar-refractivity contribution in [2.75, 3.05) is 13.1 Å². The highest BCUT2D eigenvalue weighted by atomic mass is 35.5. The molecule has 2 aliphatic rings. The molecule has 2 atom stereocenters. The van der Waals surface area contributed by atoms with Crippen LogP contribution in [-0.4, -0.2) is 62.1 Å². The van der Waals surface area contributed by atoms with Crippen molar-refractivity contribution in [3.63, 3.8) is 0 Å². The Morgan fingerprint density at radius 2 is 1.92 bits per heavy atom. The minimum Gasteiger partial charge on any atom is -0.296 e. The molecule has 3 aromatic rings. The highest BCUT2D eigenvalue weighted by Crippen LogP contribution is 2.37. The van der Waals surface area contributed by atoms with E-state index in [9.17, 15) is 27.2 Å². The number of likely N-dealkylation sites (tertiary alicyclic amines) is 1. The first-order chi connectivity index (χ1) is 17.9. The number of amides is 2. The molecule has 3 heterocycles. The number of carbonyl (C=O) groups excluding carboxylic acids is 2. The number of hydrogen-bond donors (Lipinski definition) is 0. The van der Waals surface area contributed by atoms with Gasteiger partial charge in [0.1, 0.15) is 6.17 Å². The van der Waals surface area contributed by atoms with Gasteiger partial charge in [0.25, 0.3) is 11.1 Å². The smallest absolute Gasteiger partial charge is 0.296 e. The third kappa shape index (κ3) is 5.06. The normalized spacial score (nSPS) is 22.1. The van der Waals surface area contributed by atoms with Crippen molar-refractivity contribution in [2.24, 2.45) is 0 Å². The summed E-state index contributed by atoms with van der Waals surface area (Å²) in [4.78, 5) is 28.8. The molecule has 2 aliphatic heterocycles. The molecule has 2 amide bonds. The molecule has 12 heteroatoms. The highest BCUT2D eigenvalue weighted by molar-refractivity contribution is 8.18. The number of hydrogen-bond acceptors (Lipinski definition) is 5. The van der Waals surface area contributed by atoms with Gasteiger partial charge in [0.15, 0.2) is 0 Å². The van der Waals surface area contributed by atoms with Crippen LogP contribution in [0.4, 0.5) is 22.4 Å². The second kappa shape index (κ2) is 10.0. The molecule has 2 saturated heterocycles. The lowest BCUT2D eigenvalue weighted by Crippen LogP contribution is -2.44. The lowest BCUT2D eigenvalue weighted by molar-refractivity contribution is -0.138. The molecular formula is C26H23ClF4N4O2S. The minimum atomic E-state index is -4.56. The Bertz CT molecular complexity index is 1450. The van der Waals surface area contributed by atoms with E-state index < -0.39 is 35.1 Å². The fourth-order valence-electron chi connectivity index (χ4n) is 4.79. The van der Waals surface area contributed by atoms with Gasteiger partial charge in [-0.15, -0.1) is 0 Å². The van der Waals surface area contributed by atoms with E-state index in [1.54, 1.807) is 24.3 Å². The summed E-state index contributed by atoms with van der Waals surface area (Å²) in [7, 11) is 0. The number of nitrogens with zero attached hydrogens (tertiary/aromatic N) is 4. The zero-order valence-corrected chi connectivity index (χ0v) is 21.9. The molecule has 38 heavy (non-hydrogen) atoms. The van der Waals surface area contributed by atoms with Gasteiger partial charge in [0.05, 0.1) is 34.8 Å². The van der Waals surface area contributed by atoms with E-state index in [-0.39, 0.29) is 34.6 Å². The molecule has 5 rings (SSSR count). The lowest BCUT2D eigenvalue weighted by atomic mass is 10.1. The first kappa shape index (κ1) is 26.7. The summed E-state index contributed by atoms with van der Waals surface area (Å²) < 4.78 is 56.7. The second-order valence-electron chi connectivity index (χ2n) is 9.60. The van der Waals surface area contributed by atoms with Crippen molar-refractivity contribution in [3.05, 3.63) is 69.2 Å². The van der Waals surface area contributed by atoms with Crippen LogP contribution in [0, 0.1) is 0 Å². The van der Waals surface area contributed by atoms with Crippen molar-refractivity contribution in [2.45, 2.75) is 44.8 Å². The van der Waals surface area contributed by atoms with Gasteiger partial charge >= 0.3 is 6.18 Å². The number of benzene rings is 2. The highest BCUT2D eigenvalue weighted by Gasteiger charge is 2.47. The fourth-order valence-corrected chi connectivity index (χ4v) is 5.85. The number of aromatic nitrogens is 2. The van der Waals surface area contributed by atoms with Gasteiger partial charge in [0.2, 0.25) is 0 Å².